The molecule has 0 saturated carbocycles. The molecule has 2 heterocycles. The number of pyridine rings is 1. The van der Waals surface area contributed by atoms with Gasteiger partial charge < -0.3 is 14.8 Å². The molecule has 20 heavy (non-hydrogen) atoms. The second-order valence-electron chi connectivity index (χ2n) is 4.66. The lowest BCUT2D eigenvalue weighted by Crippen LogP contribution is -2.21. The molecular weight excluding hydrogens is 252 g/mol. The van der Waals surface area contributed by atoms with Crippen LogP contribution < -0.4 is 14.8 Å². The number of fused-ring (bicyclic) bond motifs is 1. The molecule has 0 amide bonds. The third-order valence-corrected chi connectivity index (χ3v) is 3.34. The van der Waals surface area contributed by atoms with E-state index in [4.69, 9.17) is 9.47 Å². The van der Waals surface area contributed by atoms with Crippen LogP contribution in [0.5, 0.6) is 11.5 Å². The zero-order chi connectivity index (χ0) is 13.8. The summed E-state index contributed by atoms with van der Waals surface area (Å²) in [6, 6.07) is 12.1. The SMILES string of the molecule is CCOc1cccnc1NC1CCOc2ccccc21. The van der Waals surface area contributed by atoms with Crippen molar-refractivity contribution >= 4 is 5.82 Å². The van der Waals surface area contributed by atoms with Crippen molar-refractivity contribution in [1.82, 2.24) is 4.98 Å². The fraction of sp³-hybridized carbons (Fsp3) is 0.312. The molecule has 0 saturated heterocycles. The van der Waals surface area contributed by atoms with Crippen molar-refractivity contribution in [2.45, 2.75) is 19.4 Å². The molecule has 1 aliphatic rings. The van der Waals surface area contributed by atoms with Crippen LogP contribution in [0.25, 0.3) is 0 Å². The summed E-state index contributed by atoms with van der Waals surface area (Å²) in [7, 11) is 0. The quantitative estimate of drug-likeness (QED) is 0.924. The number of anilines is 1. The van der Waals surface area contributed by atoms with Crippen molar-refractivity contribution in [3.8, 4) is 11.5 Å². The van der Waals surface area contributed by atoms with Gasteiger partial charge in [0.05, 0.1) is 19.3 Å². The molecule has 3 rings (SSSR count). The number of rotatable bonds is 4. The van der Waals surface area contributed by atoms with Crippen molar-refractivity contribution in [3.63, 3.8) is 0 Å². The van der Waals surface area contributed by atoms with Crippen LogP contribution in [-0.2, 0) is 0 Å². The van der Waals surface area contributed by atoms with Crippen LogP contribution in [0, 0.1) is 0 Å². The zero-order valence-electron chi connectivity index (χ0n) is 11.5. The van der Waals surface area contributed by atoms with Crippen LogP contribution >= 0.6 is 0 Å². The lowest BCUT2D eigenvalue weighted by Gasteiger charge is -2.27. The number of hydrogen-bond donors (Lipinski definition) is 1. The minimum absolute atomic E-state index is 0.203. The van der Waals surface area contributed by atoms with Gasteiger partial charge in [-0.15, -0.1) is 0 Å². The average molecular weight is 270 g/mol. The molecule has 0 fully saturated rings. The van der Waals surface area contributed by atoms with Gasteiger partial charge in [-0.3, -0.25) is 0 Å². The van der Waals surface area contributed by atoms with E-state index in [9.17, 15) is 0 Å². The molecule has 0 aliphatic carbocycles. The van der Waals surface area contributed by atoms with Gasteiger partial charge in [0.15, 0.2) is 11.6 Å². The van der Waals surface area contributed by atoms with E-state index in [0.29, 0.717) is 13.2 Å². The van der Waals surface area contributed by atoms with Gasteiger partial charge in [-0.2, -0.15) is 0 Å². The normalized spacial score (nSPS) is 16.9. The summed E-state index contributed by atoms with van der Waals surface area (Å²) in [4.78, 5) is 4.39. The largest absolute Gasteiger partial charge is 0.493 e. The highest BCUT2D eigenvalue weighted by molar-refractivity contribution is 5.52. The third kappa shape index (κ3) is 2.54. The van der Waals surface area contributed by atoms with Crippen LogP contribution in [0.2, 0.25) is 0 Å². The second-order valence-corrected chi connectivity index (χ2v) is 4.66. The Hall–Kier alpha value is -2.23. The summed E-state index contributed by atoms with van der Waals surface area (Å²) in [5.41, 5.74) is 1.17. The number of benzene rings is 1. The van der Waals surface area contributed by atoms with E-state index in [1.165, 1.54) is 5.56 Å². The summed E-state index contributed by atoms with van der Waals surface area (Å²) < 4.78 is 11.3. The molecular formula is C16H18N2O2. The molecule has 1 N–H and O–H groups in total. The molecule has 1 unspecified atom stereocenters. The highest BCUT2D eigenvalue weighted by Gasteiger charge is 2.22. The standard InChI is InChI=1S/C16H18N2O2/c1-2-19-15-8-5-10-17-16(15)18-13-9-11-20-14-7-4-3-6-12(13)14/h3-8,10,13H,2,9,11H2,1H3,(H,17,18). The van der Waals surface area contributed by atoms with Crippen molar-refractivity contribution < 1.29 is 9.47 Å². The van der Waals surface area contributed by atoms with E-state index < -0.39 is 0 Å². The Balaban J connectivity index is 1.86. The molecule has 4 heteroatoms. The van der Waals surface area contributed by atoms with Crippen molar-refractivity contribution in [1.29, 1.82) is 0 Å². The molecule has 0 spiro atoms. The number of nitrogens with one attached hydrogen (secondary N) is 1. The minimum atomic E-state index is 0.203. The van der Waals surface area contributed by atoms with Gasteiger partial charge in [0.1, 0.15) is 5.75 Å². The number of hydrogen-bond acceptors (Lipinski definition) is 4. The van der Waals surface area contributed by atoms with Crippen molar-refractivity contribution in [3.05, 3.63) is 48.2 Å². The van der Waals surface area contributed by atoms with Crippen LogP contribution in [0.15, 0.2) is 42.6 Å². The summed E-state index contributed by atoms with van der Waals surface area (Å²) >= 11 is 0. The van der Waals surface area contributed by atoms with E-state index in [0.717, 1.165) is 23.7 Å². The molecule has 2 aromatic rings. The summed E-state index contributed by atoms with van der Waals surface area (Å²) in [5, 5.41) is 3.47. The minimum Gasteiger partial charge on any atom is -0.493 e. The fourth-order valence-corrected chi connectivity index (χ4v) is 2.43. The molecule has 0 radical (unpaired) electrons. The molecule has 104 valence electrons. The van der Waals surface area contributed by atoms with E-state index in [1.54, 1.807) is 6.20 Å². The Morgan fingerprint density at radius 2 is 2.20 bits per heavy atom. The number of ether oxygens (including phenoxy) is 2. The van der Waals surface area contributed by atoms with E-state index in [2.05, 4.69) is 16.4 Å². The van der Waals surface area contributed by atoms with Gasteiger partial charge in [-0.1, -0.05) is 18.2 Å². The predicted molar refractivity (Wildman–Crippen MR) is 78.3 cm³/mol. The first-order valence-corrected chi connectivity index (χ1v) is 6.94. The molecule has 1 atom stereocenters. The van der Waals surface area contributed by atoms with Crippen LogP contribution in [0.3, 0.4) is 0 Å². The maximum absolute atomic E-state index is 5.68. The monoisotopic (exact) mass is 270 g/mol. The predicted octanol–water partition coefficient (Wildman–Crippen LogP) is 3.42. The van der Waals surface area contributed by atoms with Crippen LogP contribution in [0.4, 0.5) is 5.82 Å². The highest BCUT2D eigenvalue weighted by atomic mass is 16.5. The summed E-state index contributed by atoms with van der Waals surface area (Å²) in [6.45, 7) is 3.32. The number of aromatic nitrogens is 1. The average Bonchev–Trinajstić information content (AvgIpc) is 2.50. The van der Waals surface area contributed by atoms with E-state index in [-0.39, 0.29) is 6.04 Å². The van der Waals surface area contributed by atoms with Crippen LogP contribution in [-0.4, -0.2) is 18.2 Å². The molecule has 4 nitrogen and oxygen atoms in total. The lowest BCUT2D eigenvalue weighted by atomic mass is 10.0. The van der Waals surface area contributed by atoms with Crippen molar-refractivity contribution in [2.75, 3.05) is 18.5 Å². The number of para-hydroxylation sites is 1. The Morgan fingerprint density at radius 3 is 3.10 bits per heavy atom. The summed E-state index contributed by atoms with van der Waals surface area (Å²) in [5.74, 6) is 2.53. The lowest BCUT2D eigenvalue weighted by molar-refractivity contribution is 0.273. The van der Waals surface area contributed by atoms with Gasteiger partial charge in [0.2, 0.25) is 0 Å². The van der Waals surface area contributed by atoms with E-state index in [1.807, 2.05) is 37.3 Å². The Kier molecular flexibility index (Phi) is 3.72. The maximum Gasteiger partial charge on any atom is 0.169 e. The maximum atomic E-state index is 5.68. The first-order chi connectivity index (χ1) is 9.88. The Bertz CT molecular complexity index is 586. The second kappa shape index (κ2) is 5.82. The van der Waals surface area contributed by atoms with E-state index >= 15 is 0 Å². The highest BCUT2D eigenvalue weighted by Crippen LogP contribution is 2.35. The smallest absolute Gasteiger partial charge is 0.169 e. The Labute approximate surface area is 118 Å². The van der Waals surface area contributed by atoms with Gasteiger partial charge in [0, 0.05) is 18.2 Å². The van der Waals surface area contributed by atoms with Gasteiger partial charge in [-0.05, 0) is 25.1 Å². The fourth-order valence-electron chi connectivity index (χ4n) is 2.43. The first-order valence-electron chi connectivity index (χ1n) is 6.94. The molecule has 1 aromatic carbocycles. The molecule has 1 aromatic heterocycles. The topological polar surface area (TPSA) is 43.4 Å². The zero-order valence-corrected chi connectivity index (χ0v) is 11.5. The first kappa shape index (κ1) is 12.8. The van der Waals surface area contributed by atoms with Gasteiger partial charge in [0.25, 0.3) is 0 Å². The Morgan fingerprint density at radius 1 is 1.30 bits per heavy atom. The molecule has 1 aliphatic heterocycles. The molecule has 0 bridgehead atoms. The van der Waals surface area contributed by atoms with Crippen LogP contribution in [0.1, 0.15) is 24.9 Å². The summed E-state index contributed by atoms with van der Waals surface area (Å²) in [6.07, 6.45) is 2.69. The third-order valence-electron chi connectivity index (χ3n) is 3.34. The van der Waals surface area contributed by atoms with Crippen molar-refractivity contribution in [2.24, 2.45) is 0 Å². The number of nitrogens with zero attached hydrogens (tertiary/aromatic N) is 1. The van der Waals surface area contributed by atoms with Gasteiger partial charge in [-0.25, -0.2) is 4.98 Å². The van der Waals surface area contributed by atoms with Gasteiger partial charge >= 0.3 is 0 Å².